The van der Waals surface area contributed by atoms with Crippen molar-refractivity contribution in [1.29, 1.82) is 0 Å². The molecule has 1 aromatic heterocycles. The highest BCUT2D eigenvalue weighted by Gasteiger charge is 2.18. The number of aromatic nitrogens is 2. The van der Waals surface area contributed by atoms with Crippen molar-refractivity contribution in [2.24, 2.45) is 5.92 Å². The van der Waals surface area contributed by atoms with Gasteiger partial charge in [0.25, 0.3) is 0 Å². The van der Waals surface area contributed by atoms with E-state index in [-0.39, 0.29) is 0 Å². The van der Waals surface area contributed by atoms with Crippen LogP contribution in [0.15, 0.2) is 60.7 Å². The summed E-state index contributed by atoms with van der Waals surface area (Å²) >= 11 is 0. The van der Waals surface area contributed by atoms with Crippen LogP contribution in [-0.4, -0.2) is 23.1 Å². The van der Waals surface area contributed by atoms with Gasteiger partial charge in [-0.15, -0.1) is 0 Å². The molecule has 4 rings (SSSR count). The molecule has 144 valence electrons. The summed E-state index contributed by atoms with van der Waals surface area (Å²) in [6.07, 6.45) is 2.43. The molecular formula is C23H26N4O. The Morgan fingerprint density at radius 2 is 1.61 bits per heavy atom. The summed E-state index contributed by atoms with van der Waals surface area (Å²) < 4.78 is 5.85. The SMILES string of the molecule is Cc1nc(Nc2ccc(Oc3ccccc3)cc2)cc(N2CCC(C)CC2)n1. The third kappa shape index (κ3) is 4.60. The van der Waals surface area contributed by atoms with E-state index in [0.29, 0.717) is 0 Å². The van der Waals surface area contributed by atoms with Gasteiger partial charge < -0.3 is 15.0 Å². The van der Waals surface area contributed by atoms with Crippen LogP contribution < -0.4 is 15.0 Å². The van der Waals surface area contributed by atoms with Gasteiger partial charge in [-0.2, -0.15) is 0 Å². The highest BCUT2D eigenvalue weighted by Crippen LogP contribution is 2.26. The van der Waals surface area contributed by atoms with Gasteiger partial charge in [0.1, 0.15) is 29.0 Å². The lowest BCUT2D eigenvalue weighted by Crippen LogP contribution is -2.33. The van der Waals surface area contributed by atoms with E-state index in [1.165, 1.54) is 12.8 Å². The number of hydrogen-bond acceptors (Lipinski definition) is 5. The molecule has 0 radical (unpaired) electrons. The number of benzene rings is 2. The maximum Gasteiger partial charge on any atom is 0.136 e. The molecule has 0 saturated carbocycles. The van der Waals surface area contributed by atoms with Crippen LogP contribution in [0.3, 0.4) is 0 Å². The summed E-state index contributed by atoms with van der Waals surface area (Å²) in [6, 6.07) is 19.7. The maximum absolute atomic E-state index is 5.85. The first-order chi connectivity index (χ1) is 13.7. The van der Waals surface area contributed by atoms with E-state index < -0.39 is 0 Å². The third-order valence-corrected chi connectivity index (χ3v) is 5.04. The first-order valence-electron chi connectivity index (χ1n) is 9.86. The van der Waals surface area contributed by atoms with Crippen molar-refractivity contribution in [3.63, 3.8) is 0 Å². The van der Waals surface area contributed by atoms with E-state index in [0.717, 1.165) is 53.7 Å². The molecule has 2 heterocycles. The molecule has 0 amide bonds. The lowest BCUT2D eigenvalue weighted by molar-refractivity contribution is 0.436. The quantitative estimate of drug-likeness (QED) is 0.634. The molecule has 0 spiro atoms. The maximum atomic E-state index is 5.85. The Labute approximate surface area is 166 Å². The van der Waals surface area contributed by atoms with Crippen LogP contribution in [0.25, 0.3) is 0 Å². The van der Waals surface area contributed by atoms with Crippen LogP contribution in [0.1, 0.15) is 25.6 Å². The van der Waals surface area contributed by atoms with Crippen molar-refractivity contribution < 1.29 is 4.74 Å². The molecule has 2 aromatic carbocycles. The molecule has 5 heteroatoms. The monoisotopic (exact) mass is 374 g/mol. The largest absolute Gasteiger partial charge is 0.457 e. The fraction of sp³-hybridized carbons (Fsp3) is 0.304. The zero-order chi connectivity index (χ0) is 19.3. The molecule has 0 unspecified atom stereocenters. The number of rotatable bonds is 5. The van der Waals surface area contributed by atoms with Crippen molar-refractivity contribution >= 4 is 17.3 Å². The van der Waals surface area contributed by atoms with E-state index in [1.54, 1.807) is 0 Å². The summed E-state index contributed by atoms with van der Waals surface area (Å²) in [5, 5.41) is 3.39. The Bertz CT molecular complexity index is 904. The van der Waals surface area contributed by atoms with Gasteiger partial charge in [-0.05, 0) is 62.1 Å². The average Bonchev–Trinajstić information content (AvgIpc) is 2.70. The number of ether oxygens (including phenoxy) is 1. The molecule has 1 aliphatic heterocycles. The minimum Gasteiger partial charge on any atom is -0.457 e. The van der Waals surface area contributed by atoms with Gasteiger partial charge in [-0.3, -0.25) is 0 Å². The molecule has 28 heavy (non-hydrogen) atoms. The van der Waals surface area contributed by atoms with Crippen LogP contribution in [0.5, 0.6) is 11.5 Å². The van der Waals surface area contributed by atoms with E-state index >= 15 is 0 Å². The highest BCUT2D eigenvalue weighted by atomic mass is 16.5. The Morgan fingerprint density at radius 3 is 2.32 bits per heavy atom. The number of nitrogens with one attached hydrogen (secondary N) is 1. The predicted molar refractivity (Wildman–Crippen MR) is 114 cm³/mol. The molecule has 0 atom stereocenters. The van der Waals surface area contributed by atoms with Crippen molar-refractivity contribution in [1.82, 2.24) is 9.97 Å². The molecule has 1 saturated heterocycles. The molecular weight excluding hydrogens is 348 g/mol. The molecule has 5 nitrogen and oxygen atoms in total. The number of aryl methyl sites for hydroxylation is 1. The summed E-state index contributed by atoms with van der Waals surface area (Å²) in [4.78, 5) is 11.5. The Hall–Kier alpha value is -3.08. The van der Waals surface area contributed by atoms with Gasteiger partial charge in [0.2, 0.25) is 0 Å². The molecule has 3 aromatic rings. The normalized spacial score (nSPS) is 14.7. The van der Waals surface area contributed by atoms with Crippen molar-refractivity contribution in [3.05, 3.63) is 66.5 Å². The van der Waals surface area contributed by atoms with Crippen LogP contribution in [-0.2, 0) is 0 Å². The number of nitrogens with zero attached hydrogens (tertiary/aromatic N) is 3. The first kappa shape index (κ1) is 18.3. The van der Waals surface area contributed by atoms with Crippen molar-refractivity contribution in [2.75, 3.05) is 23.3 Å². The van der Waals surface area contributed by atoms with E-state index in [2.05, 4.69) is 27.1 Å². The van der Waals surface area contributed by atoms with Gasteiger partial charge >= 0.3 is 0 Å². The zero-order valence-corrected chi connectivity index (χ0v) is 16.4. The second kappa shape index (κ2) is 8.30. The first-order valence-corrected chi connectivity index (χ1v) is 9.86. The summed E-state index contributed by atoms with van der Waals surface area (Å²) in [5.74, 6) is 5.04. The Morgan fingerprint density at radius 1 is 0.929 bits per heavy atom. The summed E-state index contributed by atoms with van der Waals surface area (Å²) in [5.41, 5.74) is 0.969. The zero-order valence-electron chi connectivity index (χ0n) is 16.4. The molecule has 0 aliphatic carbocycles. The fourth-order valence-corrected chi connectivity index (χ4v) is 3.39. The molecule has 1 N–H and O–H groups in total. The Balaban J connectivity index is 1.45. The Kier molecular flexibility index (Phi) is 5.42. The van der Waals surface area contributed by atoms with Crippen LogP contribution in [0, 0.1) is 12.8 Å². The van der Waals surface area contributed by atoms with Crippen molar-refractivity contribution in [3.8, 4) is 11.5 Å². The second-order valence-corrected chi connectivity index (χ2v) is 7.39. The minimum absolute atomic E-state index is 0.780. The molecule has 0 bridgehead atoms. The lowest BCUT2D eigenvalue weighted by atomic mass is 9.99. The van der Waals surface area contributed by atoms with E-state index in [4.69, 9.17) is 4.74 Å². The lowest BCUT2D eigenvalue weighted by Gasteiger charge is -2.31. The summed E-state index contributed by atoms with van der Waals surface area (Å²) in [6.45, 7) is 6.38. The fourth-order valence-electron chi connectivity index (χ4n) is 3.39. The van der Waals surface area contributed by atoms with E-state index in [1.807, 2.05) is 67.6 Å². The second-order valence-electron chi connectivity index (χ2n) is 7.39. The molecule has 1 aliphatic rings. The van der Waals surface area contributed by atoms with Gasteiger partial charge in [0.05, 0.1) is 0 Å². The predicted octanol–water partition coefficient (Wildman–Crippen LogP) is 5.56. The number of hydrogen-bond donors (Lipinski definition) is 1. The van der Waals surface area contributed by atoms with E-state index in [9.17, 15) is 0 Å². The van der Waals surface area contributed by atoms with Crippen molar-refractivity contribution in [2.45, 2.75) is 26.7 Å². The smallest absolute Gasteiger partial charge is 0.136 e. The number of piperidine rings is 1. The van der Waals surface area contributed by atoms with Crippen LogP contribution in [0.2, 0.25) is 0 Å². The van der Waals surface area contributed by atoms with Gasteiger partial charge in [-0.1, -0.05) is 25.1 Å². The minimum atomic E-state index is 0.780. The van der Waals surface area contributed by atoms with Crippen LogP contribution in [0.4, 0.5) is 17.3 Å². The standard InChI is InChI=1S/C23H26N4O/c1-17-12-14-27(15-13-17)23-16-22(24-18(2)25-23)26-19-8-10-21(11-9-19)28-20-6-4-3-5-7-20/h3-11,16-17H,12-15H2,1-2H3,(H,24,25,26). The molecule has 1 fully saturated rings. The number of anilines is 3. The average molecular weight is 374 g/mol. The van der Waals surface area contributed by atoms with Crippen LogP contribution >= 0.6 is 0 Å². The van der Waals surface area contributed by atoms with Gasteiger partial charge in [-0.25, -0.2) is 9.97 Å². The van der Waals surface area contributed by atoms with Gasteiger partial charge in [0.15, 0.2) is 0 Å². The number of para-hydroxylation sites is 1. The topological polar surface area (TPSA) is 50.3 Å². The summed E-state index contributed by atoms with van der Waals surface area (Å²) in [7, 11) is 0. The van der Waals surface area contributed by atoms with Gasteiger partial charge in [0, 0.05) is 24.8 Å². The highest BCUT2D eigenvalue weighted by molar-refractivity contribution is 5.60. The third-order valence-electron chi connectivity index (χ3n) is 5.04.